The van der Waals surface area contributed by atoms with Crippen molar-refractivity contribution in [2.75, 3.05) is 0 Å². The molecular formula is C22H16F4N4O2. The van der Waals surface area contributed by atoms with Crippen molar-refractivity contribution in [1.29, 1.82) is 5.26 Å². The minimum atomic E-state index is -4.62. The molecule has 164 valence electrons. The Morgan fingerprint density at radius 1 is 1.22 bits per heavy atom. The second-order valence-electron chi connectivity index (χ2n) is 7.28. The number of hydrogen-bond donors (Lipinski definition) is 0. The summed E-state index contributed by atoms with van der Waals surface area (Å²) in [5.74, 6) is -1.31. The van der Waals surface area contributed by atoms with E-state index in [4.69, 9.17) is 10.00 Å². The molecule has 2 aromatic carbocycles. The molecule has 0 spiro atoms. The summed E-state index contributed by atoms with van der Waals surface area (Å²) in [7, 11) is 0. The average Bonchev–Trinajstić information content (AvgIpc) is 3.32. The van der Waals surface area contributed by atoms with Crippen LogP contribution in [0.1, 0.15) is 34.1 Å². The Kier molecular flexibility index (Phi) is 5.34. The van der Waals surface area contributed by atoms with Gasteiger partial charge in [0.2, 0.25) is 0 Å². The number of nitrogens with zero attached hydrogens (tertiary/aromatic N) is 4. The first kappa shape index (κ1) is 21.4. The first-order valence-electron chi connectivity index (χ1n) is 9.56. The van der Waals surface area contributed by atoms with Crippen LogP contribution in [0.4, 0.5) is 17.6 Å². The number of rotatable bonds is 4. The molecule has 1 aliphatic rings. The van der Waals surface area contributed by atoms with Crippen molar-refractivity contribution in [3.63, 3.8) is 0 Å². The summed E-state index contributed by atoms with van der Waals surface area (Å²) in [5.41, 5.74) is 1.46. The van der Waals surface area contributed by atoms with Crippen LogP contribution in [0.5, 0.6) is 5.75 Å². The number of nitriles is 1. The predicted octanol–water partition coefficient (Wildman–Crippen LogP) is 4.37. The van der Waals surface area contributed by atoms with Gasteiger partial charge in [0.15, 0.2) is 6.10 Å². The van der Waals surface area contributed by atoms with Crippen LogP contribution in [-0.4, -0.2) is 32.9 Å². The standard InChI is InChI=1S/C22H16F4N4O2/c1-13(22(24,25)26)32-20-7-6-14(9-27)8-16(20)21(31)29-10-15-11-30(28-18(15)12-29)19-5-3-2-4-17(19)23/h2-8,11,13H,10,12H2,1H3/t13-/m0/s1. The van der Waals surface area contributed by atoms with Gasteiger partial charge in [-0.15, -0.1) is 0 Å². The first-order valence-corrected chi connectivity index (χ1v) is 9.56. The van der Waals surface area contributed by atoms with Gasteiger partial charge in [0.1, 0.15) is 17.3 Å². The maximum atomic E-state index is 14.0. The van der Waals surface area contributed by atoms with Gasteiger partial charge in [-0.3, -0.25) is 4.79 Å². The lowest BCUT2D eigenvalue weighted by molar-refractivity contribution is -0.189. The summed E-state index contributed by atoms with van der Waals surface area (Å²) in [6, 6.07) is 11.7. The molecule has 0 unspecified atom stereocenters. The van der Waals surface area contributed by atoms with Gasteiger partial charge in [-0.1, -0.05) is 12.1 Å². The van der Waals surface area contributed by atoms with E-state index in [1.807, 2.05) is 6.07 Å². The molecule has 0 saturated carbocycles. The number of benzene rings is 2. The Balaban J connectivity index is 1.58. The summed E-state index contributed by atoms with van der Waals surface area (Å²) in [5, 5.41) is 13.5. The molecule has 1 aromatic heterocycles. The monoisotopic (exact) mass is 444 g/mol. The highest BCUT2D eigenvalue weighted by Crippen LogP contribution is 2.31. The molecule has 0 fully saturated rings. The van der Waals surface area contributed by atoms with E-state index in [9.17, 15) is 22.4 Å². The minimum Gasteiger partial charge on any atom is -0.480 e. The molecule has 0 radical (unpaired) electrons. The van der Waals surface area contributed by atoms with E-state index in [-0.39, 0.29) is 35.7 Å². The average molecular weight is 444 g/mol. The van der Waals surface area contributed by atoms with Gasteiger partial charge in [0, 0.05) is 18.3 Å². The first-order chi connectivity index (χ1) is 15.2. The number of alkyl halides is 3. The van der Waals surface area contributed by atoms with Crippen molar-refractivity contribution in [2.45, 2.75) is 32.3 Å². The quantitative estimate of drug-likeness (QED) is 0.561. The summed E-state index contributed by atoms with van der Waals surface area (Å²) in [6.45, 7) is 1.05. The van der Waals surface area contributed by atoms with Gasteiger partial charge in [-0.05, 0) is 37.3 Å². The summed E-state index contributed by atoms with van der Waals surface area (Å²) >= 11 is 0. The van der Waals surface area contributed by atoms with Crippen LogP contribution in [0.25, 0.3) is 5.69 Å². The van der Waals surface area contributed by atoms with Gasteiger partial charge < -0.3 is 9.64 Å². The van der Waals surface area contributed by atoms with E-state index in [0.29, 0.717) is 11.3 Å². The molecule has 0 bridgehead atoms. The minimum absolute atomic E-state index is 0.0840. The molecule has 6 nitrogen and oxygen atoms in total. The molecule has 2 heterocycles. The van der Waals surface area contributed by atoms with Gasteiger partial charge in [-0.25, -0.2) is 9.07 Å². The van der Waals surface area contributed by atoms with Crippen molar-refractivity contribution in [2.24, 2.45) is 0 Å². The maximum absolute atomic E-state index is 14.0. The number of para-hydroxylation sites is 1. The third-order valence-corrected chi connectivity index (χ3v) is 5.07. The predicted molar refractivity (Wildman–Crippen MR) is 104 cm³/mol. The summed E-state index contributed by atoms with van der Waals surface area (Å²) in [4.78, 5) is 14.5. The third-order valence-electron chi connectivity index (χ3n) is 5.07. The van der Waals surface area contributed by atoms with Crippen molar-refractivity contribution in [1.82, 2.24) is 14.7 Å². The fourth-order valence-electron chi connectivity index (χ4n) is 3.35. The lowest BCUT2D eigenvalue weighted by Gasteiger charge is -2.22. The normalized spacial score (nSPS) is 14.1. The molecule has 0 saturated heterocycles. The van der Waals surface area contributed by atoms with Crippen LogP contribution in [0.15, 0.2) is 48.7 Å². The lowest BCUT2D eigenvalue weighted by atomic mass is 10.1. The van der Waals surface area contributed by atoms with Gasteiger partial charge in [-0.2, -0.15) is 23.5 Å². The van der Waals surface area contributed by atoms with E-state index in [0.717, 1.165) is 6.92 Å². The highest BCUT2D eigenvalue weighted by molar-refractivity contribution is 5.97. The van der Waals surface area contributed by atoms with Crippen LogP contribution in [0.2, 0.25) is 0 Å². The van der Waals surface area contributed by atoms with Crippen molar-refractivity contribution < 1.29 is 27.1 Å². The van der Waals surface area contributed by atoms with Crippen molar-refractivity contribution in [3.8, 4) is 17.5 Å². The van der Waals surface area contributed by atoms with Crippen LogP contribution in [-0.2, 0) is 13.1 Å². The molecule has 0 N–H and O–H groups in total. The SMILES string of the molecule is C[C@H](Oc1ccc(C#N)cc1C(=O)N1Cc2cn(-c3ccccc3F)nc2C1)C(F)(F)F. The van der Waals surface area contributed by atoms with Gasteiger partial charge in [0.25, 0.3) is 5.91 Å². The molecule has 3 aromatic rings. The lowest BCUT2D eigenvalue weighted by Crippen LogP contribution is -2.32. The molecule has 32 heavy (non-hydrogen) atoms. The molecule has 10 heteroatoms. The fourth-order valence-corrected chi connectivity index (χ4v) is 3.35. The smallest absolute Gasteiger partial charge is 0.425 e. The van der Waals surface area contributed by atoms with E-state index in [2.05, 4.69) is 5.10 Å². The number of carbonyl (C=O) groups is 1. The fraction of sp³-hybridized carbons (Fsp3) is 0.227. The Hall–Kier alpha value is -3.87. The van der Waals surface area contributed by atoms with Crippen molar-refractivity contribution >= 4 is 5.91 Å². The molecular weight excluding hydrogens is 428 g/mol. The van der Waals surface area contributed by atoms with E-state index < -0.39 is 24.0 Å². The second kappa shape index (κ2) is 8.00. The number of ether oxygens (including phenoxy) is 1. The zero-order chi connectivity index (χ0) is 23.0. The van der Waals surface area contributed by atoms with Gasteiger partial charge >= 0.3 is 6.18 Å². The van der Waals surface area contributed by atoms with Crippen LogP contribution >= 0.6 is 0 Å². The highest BCUT2D eigenvalue weighted by Gasteiger charge is 2.39. The van der Waals surface area contributed by atoms with Crippen LogP contribution in [0.3, 0.4) is 0 Å². The third kappa shape index (κ3) is 4.01. The zero-order valence-corrected chi connectivity index (χ0v) is 16.7. The van der Waals surface area contributed by atoms with Crippen LogP contribution < -0.4 is 4.74 Å². The summed E-state index contributed by atoms with van der Waals surface area (Å²) < 4.78 is 59.2. The molecule has 4 rings (SSSR count). The Labute approximate surface area is 180 Å². The Bertz CT molecular complexity index is 1210. The number of carbonyl (C=O) groups excluding carboxylic acids is 1. The van der Waals surface area contributed by atoms with E-state index in [1.54, 1.807) is 24.4 Å². The van der Waals surface area contributed by atoms with E-state index >= 15 is 0 Å². The topological polar surface area (TPSA) is 71.2 Å². The van der Waals surface area contributed by atoms with Gasteiger partial charge in [0.05, 0.1) is 29.4 Å². The molecule has 1 aliphatic heterocycles. The second-order valence-corrected chi connectivity index (χ2v) is 7.28. The Morgan fingerprint density at radius 3 is 2.62 bits per heavy atom. The largest absolute Gasteiger partial charge is 0.480 e. The van der Waals surface area contributed by atoms with Crippen LogP contribution in [0, 0.1) is 17.1 Å². The number of fused-ring (bicyclic) bond motifs is 1. The highest BCUT2D eigenvalue weighted by atomic mass is 19.4. The molecule has 1 atom stereocenters. The summed E-state index contributed by atoms with van der Waals surface area (Å²) in [6.07, 6.45) is -5.15. The number of aromatic nitrogens is 2. The maximum Gasteiger partial charge on any atom is 0.425 e. The zero-order valence-electron chi connectivity index (χ0n) is 16.7. The molecule has 0 aliphatic carbocycles. The molecule has 1 amide bonds. The number of amides is 1. The van der Waals surface area contributed by atoms with E-state index in [1.165, 1.54) is 33.8 Å². The Morgan fingerprint density at radius 2 is 1.97 bits per heavy atom. The number of halogens is 4. The number of hydrogen-bond acceptors (Lipinski definition) is 4. The van der Waals surface area contributed by atoms with Crippen molar-refractivity contribution in [3.05, 3.63) is 76.9 Å².